The number of pyridine rings is 1. The molecule has 160 valence electrons. The van der Waals surface area contributed by atoms with E-state index in [-0.39, 0.29) is 42.3 Å². The highest BCUT2D eigenvalue weighted by molar-refractivity contribution is 6.06. The van der Waals surface area contributed by atoms with Crippen LogP contribution in [0.4, 0.5) is 11.4 Å². The molecule has 0 bridgehead atoms. The number of fused-ring (bicyclic) bond motifs is 1. The van der Waals surface area contributed by atoms with Crippen LogP contribution >= 0.6 is 0 Å². The van der Waals surface area contributed by atoms with Gasteiger partial charge in [-0.1, -0.05) is 49.4 Å². The van der Waals surface area contributed by atoms with Crippen molar-refractivity contribution in [3.63, 3.8) is 0 Å². The minimum absolute atomic E-state index is 0. The maximum atomic E-state index is 13.6. The maximum Gasteiger partial charge on any atom is 0.294 e. The number of benzene rings is 2. The molecule has 5 nitrogen and oxygen atoms in total. The molecule has 0 radical (unpaired) electrons. The fourth-order valence-electron chi connectivity index (χ4n) is 4.15. The summed E-state index contributed by atoms with van der Waals surface area (Å²) in [5.74, 6) is -0.310. The molecule has 1 aliphatic rings. The molecule has 1 aliphatic heterocycles. The largest absolute Gasteiger partial charge is 1.00 e. The Labute approximate surface area is 200 Å². The molecule has 0 saturated carbocycles. The molecule has 31 heavy (non-hydrogen) atoms. The van der Waals surface area contributed by atoms with Crippen molar-refractivity contribution in [3.8, 4) is 0 Å². The number of amides is 2. The molecule has 2 amide bonds. The number of rotatable bonds is 4. The van der Waals surface area contributed by atoms with E-state index in [1.807, 2.05) is 85.3 Å². The summed E-state index contributed by atoms with van der Waals surface area (Å²) in [4.78, 5) is 28.6. The van der Waals surface area contributed by atoms with Crippen LogP contribution in [0.3, 0.4) is 0 Å². The van der Waals surface area contributed by atoms with E-state index in [1.54, 1.807) is 4.90 Å². The molecule has 1 unspecified atom stereocenters. The number of aryl methyl sites for hydroxylation is 3. The number of carbonyl (C=O) groups is 2. The first-order chi connectivity index (χ1) is 14.5. The lowest BCUT2D eigenvalue weighted by Gasteiger charge is -2.34. The summed E-state index contributed by atoms with van der Waals surface area (Å²) in [5, 5.41) is 3.05. The number of hydrogen-bond donors (Lipinski definition) is 1. The highest BCUT2D eigenvalue weighted by atomic mass is 127. The van der Waals surface area contributed by atoms with Crippen LogP contribution in [0.1, 0.15) is 35.3 Å². The summed E-state index contributed by atoms with van der Waals surface area (Å²) < 4.78 is 1.87. The fraction of sp³-hybridized carbons (Fsp3) is 0.240. The molecular weight excluding hydrogens is 501 g/mol. The Hall–Kier alpha value is -2.74. The van der Waals surface area contributed by atoms with Gasteiger partial charge in [-0.15, -0.1) is 0 Å². The van der Waals surface area contributed by atoms with Crippen LogP contribution in [0, 0.1) is 13.8 Å². The van der Waals surface area contributed by atoms with Gasteiger partial charge >= 0.3 is 0 Å². The summed E-state index contributed by atoms with van der Waals surface area (Å²) in [6, 6.07) is 18.6. The third-order valence-electron chi connectivity index (χ3n) is 5.68. The second-order valence-corrected chi connectivity index (χ2v) is 7.66. The Morgan fingerprint density at radius 3 is 2.48 bits per heavy atom. The van der Waals surface area contributed by atoms with E-state index < -0.39 is 6.04 Å². The van der Waals surface area contributed by atoms with Gasteiger partial charge in [-0.2, -0.15) is 4.57 Å². The number of para-hydroxylation sites is 2. The van der Waals surface area contributed by atoms with Crippen LogP contribution in [0.25, 0.3) is 0 Å². The van der Waals surface area contributed by atoms with Gasteiger partial charge in [0.25, 0.3) is 11.8 Å². The Bertz CT molecular complexity index is 1130. The van der Waals surface area contributed by atoms with Crippen molar-refractivity contribution < 1.29 is 38.1 Å². The Morgan fingerprint density at radius 1 is 1.03 bits per heavy atom. The zero-order chi connectivity index (χ0) is 21.3. The molecule has 1 aromatic heterocycles. The minimum atomic E-state index is -0.751. The number of carbonyl (C=O) groups excluding carboxylic acids is 2. The van der Waals surface area contributed by atoms with Gasteiger partial charge in [0.15, 0.2) is 6.20 Å². The van der Waals surface area contributed by atoms with E-state index in [2.05, 4.69) is 12.2 Å². The number of anilines is 2. The molecule has 1 atom stereocenters. The normalized spacial score (nSPS) is 15.1. The predicted octanol–water partition coefficient (Wildman–Crippen LogP) is 0.884. The molecule has 0 aliphatic carbocycles. The molecule has 1 N–H and O–H groups in total. The van der Waals surface area contributed by atoms with Gasteiger partial charge in [-0.05, 0) is 43.0 Å². The van der Waals surface area contributed by atoms with Crippen molar-refractivity contribution in [1.82, 2.24) is 0 Å². The van der Waals surface area contributed by atoms with Crippen molar-refractivity contribution in [2.45, 2.75) is 39.8 Å². The molecule has 0 saturated heterocycles. The monoisotopic (exact) mass is 527 g/mol. The third-order valence-corrected chi connectivity index (χ3v) is 5.68. The molecule has 6 heteroatoms. The van der Waals surface area contributed by atoms with Crippen LogP contribution in [0.15, 0.2) is 66.9 Å². The first kappa shape index (κ1) is 22.9. The average Bonchev–Trinajstić information content (AvgIpc) is 2.74. The Morgan fingerprint density at radius 2 is 1.74 bits per heavy atom. The van der Waals surface area contributed by atoms with Crippen LogP contribution in [0.2, 0.25) is 0 Å². The van der Waals surface area contributed by atoms with Crippen molar-refractivity contribution in [3.05, 3.63) is 89.2 Å². The van der Waals surface area contributed by atoms with Gasteiger partial charge in [0.2, 0.25) is 18.3 Å². The van der Waals surface area contributed by atoms with Gasteiger partial charge < -0.3 is 29.3 Å². The number of hydrogen-bond acceptors (Lipinski definition) is 2. The number of aromatic nitrogens is 1. The van der Waals surface area contributed by atoms with E-state index >= 15 is 0 Å². The standard InChI is InChI=1S/C25H25N3O2.HI/c1-4-19-12-9-11-18(3)23(19)28-22(29)16-27-15-8-7-14-21(27)24(28)25(30)26-20-13-6-5-10-17(20)2;/h5-15,24H,4,16H2,1-3H3;1H. The molecule has 2 heterocycles. The summed E-state index contributed by atoms with van der Waals surface area (Å²) in [6.07, 6.45) is 2.64. The van der Waals surface area contributed by atoms with E-state index in [4.69, 9.17) is 0 Å². The van der Waals surface area contributed by atoms with Crippen molar-refractivity contribution in [2.24, 2.45) is 0 Å². The number of nitrogens with one attached hydrogen (secondary N) is 1. The summed E-state index contributed by atoms with van der Waals surface area (Å²) in [7, 11) is 0. The highest BCUT2D eigenvalue weighted by Crippen LogP contribution is 2.35. The summed E-state index contributed by atoms with van der Waals surface area (Å²) >= 11 is 0. The quantitative estimate of drug-likeness (QED) is 0.405. The molecule has 3 aromatic rings. The van der Waals surface area contributed by atoms with Gasteiger partial charge in [0, 0.05) is 17.8 Å². The van der Waals surface area contributed by atoms with E-state index in [9.17, 15) is 9.59 Å². The second-order valence-electron chi connectivity index (χ2n) is 7.66. The van der Waals surface area contributed by atoms with Crippen LogP contribution in [-0.2, 0) is 22.6 Å². The molecule has 0 spiro atoms. The molecule has 0 fully saturated rings. The Kier molecular flexibility index (Phi) is 7.10. The van der Waals surface area contributed by atoms with Gasteiger partial charge in [0.05, 0.1) is 5.69 Å². The first-order valence-corrected chi connectivity index (χ1v) is 10.3. The average molecular weight is 527 g/mol. The number of nitrogens with zero attached hydrogens (tertiary/aromatic N) is 2. The fourth-order valence-corrected chi connectivity index (χ4v) is 4.15. The van der Waals surface area contributed by atoms with Crippen LogP contribution in [0.5, 0.6) is 0 Å². The maximum absolute atomic E-state index is 13.6. The summed E-state index contributed by atoms with van der Waals surface area (Å²) in [5.41, 5.74) is 5.41. The minimum Gasteiger partial charge on any atom is -1.00 e. The third kappa shape index (κ3) is 4.35. The summed E-state index contributed by atoms with van der Waals surface area (Å²) in [6.45, 7) is 6.23. The molecule has 2 aromatic carbocycles. The Balaban J connectivity index is 0.00000272. The van der Waals surface area contributed by atoms with Gasteiger partial charge in [-0.25, -0.2) is 0 Å². The first-order valence-electron chi connectivity index (χ1n) is 10.3. The predicted molar refractivity (Wildman–Crippen MR) is 117 cm³/mol. The van der Waals surface area contributed by atoms with Crippen LogP contribution in [-0.4, -0.2) is 11.8 Å². The second kappa shape index (κ2) is 9.60. The highest BCUT2D eigenvalue weighted by Gasteiger charge is 2.44. The molecular formula is C25H26IN3O2. The smallest absolute Gasteiger partial charge is 0.294 e. The van der Waals surface area contributed by atoms with Gasteiger partial charge in [-0.3, -0.25) is 14.5 Å². The van der Waals surface area contributed by atoms with E-state index in [1.165, 1.54) is 0 Å². The van der Waals surface area contributed by atoms with Gasteiger partial charge in [0.1, 0.15) is 0 Å². The topological polar surface area (TPSA) is 53.3 Å². The lowest BCUT2D eigenvalue weighted by atomic mass is 9.99. The van der Waals surface area contributed by atoms with Crippen molar-refractivity contribution in [2.75, 3.05) is 10.2 Å². The SMILES string of the molecule is CCc1cccc(C)c1N1C(=O)C[n+]2ccccc2C1C(=O)Nc1ccccc1C.[I-]. The zero-order valence-electron chi connectivity index (χ0n) is 17.9. The van der Waals surface area contributed by atoms with Crippen molar-refractivity contribution >= 4 is 23.2 Å². The van der Waals surface area contributed by atoms with Crippen molar-refractivity contribution in [1.29, 1.82) is 0 Å². The zero-order valence-corrected chi connectivity index (χ0v) is 20.1. The van der Waals surface area contributed by atoms with Crippen LogP contribution < -0.4 is 38.8 Å². The van der Waals surface area contributed by atoms with E-state index in [0.717, 1.165) is 40.2 Å². The number of halogens is 1. The van der Waals surface area contributed by atoms with E-state index in [0.29, 0.717) is 0 Å². The lowest BCUT2D eigenvalue weighted by Crippen LogP contribution is -3.00. The lowest BCUT2D eigenvalue weighted by molar-refractivity contribution is -0.695. The molecule has 4 rings (SSSR count).